The molecule has 0 amide bonds. The fourth-order valence-corrected chi connectivity index (χ4v) is 0.990. The lowest BCUT2D eigenvalue weighted by Crippen LogP contribution is -1.94. The molecule has 0 bridgehead atoms. The van der Waals surface area contributed by atoms with Gasteiger partial charge in [-0.05, 0) is 12.8 Å². The van der Waals surface area contributed by atoms with E-state index >= 15 is 0 Å². The van der Waals surface area contributed by atoms with Crippen LogP contribution in [0, 0.1) is 5.51 Å². The van der Waals surface area contributed by atoms with Crippen LogP contribution in [-0.4, -0.2) is 11.1 Å². The van der Waals surface area contributed by atoms with Gasteiger partial charge in [0.25, 0.3) is 0 Å². The molecule has 0 spiro atoms. The first-order valence-electron chi connectivity index (χ1n) is 2.93. The Morgan fingerprint density at radius 2 is 2.67 bits per heavy atom. The van der Waals surface area contributed by atoms with Crippen LogP contribution in [0.2, 0.25) is 0 Å². The van der Waals surface area contributed by atoms with Crippen molar-refractivity contribution in [3.63, 3.8) is 0 Å². The van der Waals surface area contributed by atoms with Crippen molar-refractivity contribution in [3.8, 4) is 5.88 Å². The molecule has 0 N–H and O–H groups in total. The van der Waals surface area contributed by atoms with E-state index in [9.17, 15) is 0 Å². The van der Waals surface area contributed by atoms with Crippen molar-refractivity contribution >= 4 is 11.3 Å². The Morgan fingerprint density at radius 1 is 1.78 bits per heavy atom. The molecule has 47 valence electrons. The van der Waals surface area contributed by atoms with E-state index < -0.39 is 0 Å². The minimum absolute atomic E-state index is 0.459. The number of thiazole rings is 1. The Morgan fingerprint density at radius 3 is 3.22 bits per heavy atom. The molecule has 1 aromatic rings. The van der Waals surface area contributed by atoms with E-state index in [1.54, 1.807) is 0 Å². The van der Waals surface area contributed by atoms with Crippen LogP contribution in [0.15, 0.2) is 5.38 Å². The minimum atomic E-state index is 0.459. The molecule has 1 heterocycles. The van der Waals surface area contributed by atoms with E-state index in [-0.39, 0.29) is 0 Å². The van der Waals surface area contributed by atoms with Crippen LogP contribution in [0.4, 0.5) is 0 Å². The minimum Gasteiger partial charge on any atom is -0.474 e. The summed E-state index contributed by atoms with van der Waals surface area (Å²) in [6.07, 6.45) is 2.84. The SMILES string of the molecule is [c]1nc(OC2CC2)cs1. The summed E-state index contributed by atoms with van der Waals surface area (Å²) in [5, 5.41) is 1.87. The van der Waals surface area contributed by atoms with Gasteiger partial charge in [0.15, 0.2) is 5.51 Å². The molecule has 1 radical (unpaired) electrons. The lowest BCUT2D eigenvalue weighted by molar-refractivity contribution is 0.293. The van der Waals surface area contributed by atoms with E-state index in [0.29, 0.717) is 6.10 Å². The van der Waals surface area contributed by atoms with Gasteiger partial charge in [0.1, 0.15) is 6.10 Å². The predicted octanol–water partition coefficient (Wildman–Crippen LogP) is 1.48. The average Bonchev–Trinajstić information content (AvgIpc) is 2.46. The Kier molecular flexibility index (Phi) is 1.16. The van der Waals surface area contributed by atoms with E-state index in [2.05, 4.69) is 10.5 Å². The molecule has 0 unspecified atom stereocenters. The smallest absolute Gasteiger partial charge is 0.225 e. The number of hydrogen-bond acceptors (Lipinski definition) is 3. The molecular formula is C6H6NOS. The zero-order valence-electron chi connectivity index (χ0n) is 4.83. The van der Waals surface area contributed by atoms with Gasteiger partial charge in [-0.15, -0.1) is 11.3 Å². The molecule has 2 rings (SSSR count). The molecule has 0 atom stereocenters. The van der Waals surface area contributed by atoms with Crippen LogP contribution < -0.4 is 4.74 Å². The Labute approximate surface area is 57.5 Å². The van der Waals surface area contributed by atoms with Crippen molar-refractivity contribution in [2.75, 3.05) is 0 Å². The molecule has 0 saturated heterocycles. The number of hydrogen-bond donors (Lipinski definition) is 0. The van der Waals surface area contributed by atoms with Crippen LogP contribution in [0.25, 0.3) is 0 Å². The standard InChI is InChI=1S/C6H6NOS/c1-2-5(1)8-6-3-9-4-7-6/h3,5H,1-2H2. The maximum Gasteiger partial charge on any atom is 0.225 e. The molecule has 3 heteroatoms. The molecular weight excluding hydrogens is 134 g/mol. The Hall–Kier alpha value is -0.570. The summed E-state index contributed by atoms with van der Waals surface area (Å²) < 4.78 is 5.33. The van der Waals surface area contributed by atoms with E-state index in [4.69, 9.17) is 4.74 Å². The van der Waals surface area contributed by atoms with Gasteiger partial charge in [0, 0.05) is 0 Å². The van der Waals surface area contributed by atoms with Crippen molar-refractivity contribution in [1.29, 1.82) is 0 Å². The topological polar surface area (TPSA) is 22.1 Å². The summed E-state index contributed by atoms with van der Waals surface area (Å²) in [7, 11) is 0. The van der Waals surface area contributed by atoms with Gasteiger partial charge >= 0.3 is 0 Å². The summed E-state index contributed by atoms with van der Waals surface area (Å²) in [6.45, 7) is 0. The molecule has 0 aromatic carbocycles. The highest BCUT2D eigenvalue weighted by Crippen LogP contribution is 2.25. The van der Waals surface area contributed by atoms with Crippen LogP contribution >= 0.6 is 11.3 Å². The van der Waals surface area contributed by atoms with Gasteiger partial charge in [0.05, 0.1) is 5.38 Å². The summed E-state index contributed by atoms with van der Waals surface area (Å²) in [5.41, 5.74) is 2.73. The quantitative estimate of drug-likeness (QED) is 0.620. The molecule has 2 nitrogen and oxygen atoms in total. The van der Waals surface area contributed by atoms with Crippen LogP contribution in [0.1, 0.15) is 12.8 Å². The summed E-state index contributed by atoms with van der Waals surface area (Å²) in [5.74, 6) is 0.738. The Bertz CT molecular complexity index is 181. The third kappa shape index (κ3) is 1.21. The molecule has 9 heavy (non-hydrogen) atoms. The van der Waals surface area contributed by atoms with Gasteiger partial charge in [-0.3, -0.25) is 0 Å². The monoisotopic (exact) mass is 140 g/mol. The van der Waals surface area contributed by atoms with Crippen molar-refractivity contribution in [1.82, 2.24) is 4.98 Å². The first-order valence-corrected chi connectivity index (χ1v) is 3.81. The maximum atomic E-state index is 5.33. The third-order valence-electron chi connectivity index (χ3n) is 1.18. The highest BCUT2D eigenvalue weighted by atomic mass is 32.1. The first kappa shape index (κ1) is 5.23. The zero-order valence-corrected chi connectivity index (χ0v) is 5.65. The highest BCUT2D eigenvalue weighted by molar-refractivity contribution is 7.07. The molecule has 0 aliphatic heterocycles. The largest absolute Gasteiger partial charge is 0.474 e. The average molecular weight is 140 g/mol. The third-order valence-corrected chi connectivity index (χ3v) is 1.70. The first-order chi connectivity index (χ1) is 4.45. The van der Waals surface area contributed by atoms with Crippen molar-refractivity contribution < 1.29 is 4.74 Å². The maximum absolute atomic E-state index is 5.33. The lowest BCUT2D eigenvalue weighted by Gasteiger charge is -1.95. The number of nitrogens with zero attached hydrogens (tertiary/aromatic N) is 1. The van der Waals surface area contributed by atoms with Crippen LogP contribution in [-0.2, 0) is 0 Å². The second kappa shape index (κ2) is 1.99. The number of aromatic nitrogens is 1. The molecule has 1 fully saturated rings. The van der Waals surface area contributed by atoms with Crippen molar-refractivity contribution in [2.24, 2.45) is 0 Å². The van der Waals surface area contributed by atoms with Gasteiger partial charge in [-0.25, -0.2) is 0 Å². The molecule has 1 saturated carbocycles. The van der Waals surface area contributed by atoms with Crippen LogP contribution in [0.3, 0.4) is 0 Å². The normalized spacial score (nSPS) is 17.8. The zero-order chi connectivity index (χ0) is 6.10. The Balaban J connectivity index is 1.99. The van der Waals surface area contributed by atoms with Crippen molar-refractivity contribution in [3.05, 3.63) is 10.9 Å². The molecule has 1 aromatic heterocycles. The number of rotatable bonds is 2. The number of ether oxygens (including phenoxy) is 1. The molecule has 1 aliphatic carbocycles. The highest BCUT2D eigenvalue weighted by Gasteiger charge is 2.23. The van der Waals surface area contributed by atoms with Crippen molar-refractivity contribution in [2.45, 2.75) is 18.9 Å². The van der Waals surface area contributed by atoms with Gasteiger partial charge in [-0.2, -0.15) is 4.98 Å². The fourth-order valence-electron chi connectivity index (χ4n) is 0.585. The molecule has 1 aliphatic rings. The van der Waals surface area contributed by atoms with Gasteiger partial charge in [-0.1, -0.05) is 0 Å². The summed E-state index contributed by atoms with van der Waals surface area (Å²) >= 11 is 1.45. The second-order valence-corrected chi connectivity index (χ2v) is 2.75. The van der Waals surface area contributed by atoms with E-state index in [1.807, 2.05) is 5.38 Å². The second-order valence-electron chi connectivity index (χ2n) is 2.09. The fraction of sp³-hybridized carbons (Fsp3) is 0.500. The lowest BCUT2D eigenvalue weighted by atomic mass is 10.8. The van der Waals surface area contributed by atoms with E-state index in [0.717, 1.165) is 5.88 Å². The van der Waals surface area contributed by atoms with Gasteiger partial charge in [0.2, 0.25) is 5.88 Å². The van der Waals surface area contributed by atoms with Crippen LogP contribution in [0.5, 0.6) is 5.88 Å². The van der Waals surface area contributed by atoms with Gasteiger partial charge < -0.3 is 4.74 Å². The predicted molar refractivity (Wildman–Crippen MR) is 34.6 cm³/mol. The summed E-state index contributed by atoms with van der Waals surface area (Å²) in [4.78, 5) is 3.87. The summed E-state index contributed by atoms with van der Waals surface area (Å²) in [6, 6.07) is 0. The van der Waals surface area contributed by atoms with E-state index in [1.165, 1.54) is 24.2 Å².